The molecule has 12 heavy (non-hydrogen) atoms. The molecule has 0 aliphatic heterocycles. The first-order chi connectivity index (χ1) is 4.15. The van der Waals surface area contributed by atoms with Crippen LogP contribution >= 0.6 is 0 Å². The fourth-order valence-electron chi connectivity index (χ4n) is 0.112. The molecule has 0 aliphatic rings. The van der Waals surface area contributed by atoms with E-state index in [0.717, 1.165) is 0 Å². The van der Waals surface area contributed by atoms with Crippen molar-refractivity contribution in [3.8, 4) is 0 Å². The van der Waals surface area contributed by atoms with Gasteiger partial charge in [0.25, 0.3) is 0 Å². The van der Waals surface area contributed by atoms with Gasteiger partial charge in [-0.3, -0.25) is 0 Å². The maximum absolute atomic E-state index is 9.64. The second kappa shape index (κ2) is 6.27. The molecule has 0 atom stereocenters. The third-order valence-electron chi connectivity index (χ3n) is 0.441. The third-order valence-corrected chi connectivity index (χ3v) is 2.42. The minimum atomic E-state index is -5.40. The molecule has 0 fully saturated rings. The van der Waals surface area contributed by atoms with E-state index in [1.807, 2.05) is 0 Å². The monoisotopic (exact) mass is 236 g/mol. The second-order valence-corrected chi connectivity index (χ2v) is 3.87. The van der Waals surface area contributed by atoms with Gasteiger partial charge in [-0.15, -0.1) is 0 Å². The Bertz CT molecular complexity index is 270. The van der Waals surface area contributed by atoms with Gasteiger partial charge >= 0.3 is 59.1 Å². The summed E-state index contributed by atoms with van der Waals surface area (Å²) in [7, 11) is -10.8. The molecule has 2 N–H and O–H groups in total. The van der Waals surface area contributed by atoms with Crippen molar-refractivity contribution in [3.05, 3.63) is 0 Å². The molecule has 0 radical (unpaired) electrons. The van der Waals surface area contributed by atoms with Gasteiger partial charge in [0.15, 0.2) is 20.6 Å². The minimum absolute atomic E-state index is 0. The summed E-state index contributed by atoms with van der Waals surface area (Å²) in [6, 6.07) is 0. The van der Waals surface area contributed by atoms with Crippen LogP contribution < -0.4 is 65.0 Å². The normalized spacial score (nSPS) is 11.7. The summed E-state index contributed by atoms with van der Waals surface area (Å²) >= 11 is 0. The van der Waals surface area contributed by atoms with Crippen LogP contribution in [-0.2, 0) is 20.6 Å². The van der Waals surface area contributed by atoms with Crippen molar-refractivity contribution in [2.45, 2.75) is 0 Å². The van der Waals surface area contributed by atoms with Crippen molar-refractivity contribution in [2.24, 2.45) is 5.84 Å². The zero-order valence-corrected chi connectivity index (χ0v) is 11.9. The quantitative estimate of drug-likeness (QED) is 0.217. The maximum atomic E-state index is 9.64. The molecule has 0 rings (SSSR count). The van der Waals surface area contributed by atoms with E-state index in [-0.39, 0.29) is 59.1 Å². The van der Waals surface area contributed by atoms with Crippen molar-refractivity contribution in [1.82, 2.24) is 3.82 Å². The number of rotatable bonds is 2. The summed E-state index contributed by atoms with van der Waals surface area (Å²) in [4.78, 5) is 0. The Morgan fingerprint density at radius 3 is 1.08 bits per heavy atom. The van der Waals surface area contributed by atoms with Crippen LogP contribution in [0.25, 0.3) is 0 Å². The molecule has 0 heterocycles. The van der Waals surface area contributed by atoms with E-state index >= 15 is 0 Å². The predicted octanol–water partition coefficient (Wildman–Crippen LogP) is -8.91. The smallest absolute Gasteiger partial charge is 0.734 e. The van der Waals surface area contributed by atoms with Gasteiger partial charge < -0.3 is 9.11 Å². The third kappa shape index (κ3) is 7.17. The second-order valence-electron chi connectivity index (χ2n) is 1.14. The maximum Gasteiger partial charge on any atom is 1.00 e. The van der Waals surface area contributed by atoms with E-state index in [2.05, 4.69) is 5.84 Å². The molecular formula is H2N2Na2O6S2. The first-order valence-corrected chi connectivity index (χ1v) is 4.35. The molecule has 0 amide bonds. The van der Waals surface area contributed by atoms with Crippen molar-refractivity contribution in [2.75, 3.05) is 0 Å². The zero-order chi connectivity index (χ0) is 8.58. The Morgan fingerprint density at radius 2 is 1.08 bits per heavy atom. The van der Waals surface area contributed by atoms with Crippen LogP contribution in [0.15, 0.2) is 0 Å². The van der Waals surface area contributed by atoms with Crippen LogP contribution in [0.4, 0.5) is 0 Å². The van der Waals surface area contributed by atoms with Gasteiger partial charge in [-0.05, 0) is 0 Å². The summed E-state index contributed by atoms with van der Waals surface area (Å²) < 4.78 is 56.6. The van der Waals surface area contributed by atoms with Crippen LogP contribution in [0, 0.1) is 0 Å². The van der Waals surface area contributed by atoms with Gasteiger partial charge in [0.1, 0.15) is 0 Å². The van der Waals surface area contributed by atoms with E-state index in [0.29, 0.717) is 0 Å². The summed E-state index contributed by atoms with van der Waals surface area (Å²) in [6.07, 6.45) is 0. The Hall–Kier alpha value is 1.74. The molecule has 12 heteroatoms. The van der Waals surface area contributed by atoms with Gasteiger partial charge in [-0.2, -0.15) is 0 Å². The van der Waals surface area contributed by atoms with E-state index in [1.54, 1.807) is 0 Å². The molecular weight excluding hydrogens is 234 g/mol. The van der Waals surface area contributed by atoms with Gasteiger partial charge in [0, 0.05) is 0 Å². The van der Waals surface area contributed by atoms with E-state index in [4.69, 9.17) is 0 Å². The fourth-order valence-corrected chi connectivity index (χ4v) is 1.01. The van der Waals surface area contributed by atoms with E-state index < -0.39 is 24.4 Å². The van der Waals surface area contributed by atoms with E-state index in [1.165, 1.54) is 0 Å². The summed E-state index contributed by atoms with van der Waals surface area (Å²) in [5.74, 6) is 4.06. The molecule has 0 aromatic heterocycles. The van der Waals surface area contributed by atoms with Crippen LogP contribution in [0.3, 0.4) is 0 Å². The van der Waals surface area contributed by atoms with Crippen LogP contribution in [0.1, 0.15) is 0 Å². The molecule has 0 aromatic carbocycles. The van der Waals surface area contributed by atoms with Crippen molar-refractivity contribution in [3.63, 3.8) is 0 Å². The summed E-state index contributed by atoms with van der Waals surface area (Å²) in [5, 5.41) is 0. The molecule has 0 aliphatic carbocycles. The Labute approximate surface area is 114 Å². The van der Waals surface area contributed by atoms with Gasteiger partial charge in [0.2, 0.25) is 0 Å². The van der Waals surface area contributed by atoms with Crippen molar-refractivity contribution < 1.29 is 85.1 Å². The average molecular weight is 236 g/mol. The van der Waals surface area contributed by atoms with Gasteiger partial charge in [-0.1, -0.05) is 3.82 Å². The largest absolute Gasteiger partial charge is 1.00 e. The average Bonchev–Trinajstić information content (AvgIpc) is 1.59. The molecule has 0 spiro atoms. The van der Waals surface area contributed by atoms with Crippen LogP contribution in [0.2, 0.25) is 0 Å². The first-order valence-electron chi connectivity index (χ1n) is 1.62. The van der Waals surface area contributed by atoms with Gasteiger partial charge in [0.05, 0.1) is 0 Å². The predicted molar refractivity (Wildman–Crippen MR) is 25.4 cm³/mol. The molecule has 8 nitrogen and oxygen atoms in total. The molecule has 0 unspecified atom stereocenters. The number of hydrazine groups is 1. The minimum Gasteiger partial charge on any atom is -0.734 e. The first kappa shape index (κ1) is 19.3. The van der Waals surface area contributed by atoms with Crippen molar-refractivity contribution >= 4 is 20.6 Å². The number of nitrogens with zero attached hydrogens (tertiary/aromatic N) is 1. The molecule has 0 saturated heterocycles. The fraction of sp³-hybridized carbons (Fsp3) is 0. The summed E-state index contributed by atoms with van der Waals surface area (Å²) in [6.45, 7) is 0. The number of hydrogen-bond donors (Lipinski definition) is 1. The zero-order valence-electron chi connectivity index (χ0n) is 6.29. The van der Waals surface area contributed by atoms with Crippen LogP contribution in [0.5, 0.6) is 0 Å². The van der Waals surface area contributed by atoms with Crippen LogP contribution in [-0.4, -0.2) is 29.8 Å². The molecule has 0 saturated carbocycles. The standard InChI is InChI=1S/H4N2O6S2.2Na/c1-2(9(3,4)5)10(6,7)8;;/h1H2,(H,3,4,5)(H,6,7,8);;/q;2*+1/p-2. The number of nitrogens with two attached hydrogens (primary N) is 1. The SMILES string of the molecule is NN(S(=O)(=O)[O-])S(=O)(=O)[O-].[Na+].[Na+]. The topological polar surface area (TPSA) is 144 Å². The molecule has 0 bridgehead atoms. The number of hydrogen-bond acceptors (Lipinski definition) is 7. The van der Waals surface area contributed by atoms with Gasteiger partial charge in [-0.25, -0.2) is 22.7 Å². The molecule has 0 aromatic rings. The van der Waals surface area contributed by atoms with Crippen molar-refractivity contribution in [1.29, 1.82) is 0 Å². The Kier molecular flexibility index (Phi) is 10.1. The van der Waals surface area contributed by atoms with E-state index in [9.17, 15) is 25.9 Å². The Balaban J connectivity index is -0.000000405. The molecule has 62 valence electrons. The summed E-state index contributed by atoms with van der Waals surface area (Å²) in [5.41, 5.74) is 0. The Morgan fingerprint density at radius 1 is 0.917 bits per heavy atom.